The van der Waals surface area contributed by atoms with Crippen LogP contribution in [0.25, 0.3) is 0 Å². The summed E-state index contributed by atoms with van der Waals surface area (Å²) in [5, 5.41) is 12.8. The van der Waals surface area contributed by atoms with Gasteiger partial charge in [0.05, 0.1) is 12.3 Å². The second-order valence-corrected chi connectivity index (χ2v) is 4.06. The first-order chi connectivity index (χ1) is 8.24. The van der Waals surface area contributed by atoms with Gasteiger partial charge in [0.2, 0.25) is 0 Å². The van der Waals surface area contributed by atoms with Gasteiger partial charge in [-0.05, 0) is 25.5 Å². The molecule has 0 saturated carbocycles. The summed E-state index contributed by atoms with van der Waals surface area (Å²) in [5.74, 6) is 0.245. The van der Waals surface area contributed by atoms with E-state index in [0.29, 0.717) is 18.8 Å². The van der Waals surface area contributed by atoms with Gasteiger partial charge in [0.25, 0.3) is 0 Å². The largest absolute Gasteiger partial charge is 0.506 e. The van der Waals surface area contributed by atoms with E-state index in [1.54, 1.807) is 12.1 Å². The monoisotopic (exact) mass is 238 g/mol. The van der Waals surface area contributed by atoms with E-state index in [1.165, 1.54) is 0 Å². The predicted octanol–water partition coefficient (Wildman–Crippen LogP) is 2.00. The molecule has 4 nitrogen and oxygen atoms in total. The van der Waals surface area contributed by atoms with Crippen molar-refractivity contribution in [3.8, 4) is 5.75 Å². The highest BCUT2D eigenvalue weighted by Gasteiger charge is 2.01. The highest BCUT2D eigenvalue weighted by atomic mass is 16.5. The number of aromatic nitrogens is 1. The van der Waals surface area contributed by atoms with Crippen LogP contribution in [-0.4, -0.2) is 29.8 Å². The zero-order valence-corrected chi connectivity index (χ0v) is 10.7. The van der Waals surface area contributed by atoms with Crippen molar-refractivity contribution in [2.75, 3.05) is 19.8 Å². The molecule has 0 aliphatic heterocycles. The van der Waals surface area contributed by atoms with Gasteiger partial charge in [0.1, 0.15) is 5.75 Å². The van der Waals surface area contributed by atoms with Crippen LogP contribution >= 0.6 is 0 Å². The molecular formula is C13H22N2O2. The zero-order valence-electron chi connectivity index (χ0n) is 10.7. The molecule has 0 saturated heterocycles. The number of ether oxygens (including phenoxy) is 1. The molecule has 1 aromatic heterocycles. The van der Waals surface area contributed by atoms with Crippen LogP contribution in [0.5, 0.6) is 5.75 Å². The topological polar surface area (TPSA) is 54.4 Å². The quantitative estimate of drug-likeness (QED) is 0.680. The van der Waals surface area contributed by atoms with E-state index in [2.05, 4.69) is 17.2 Å². The lowest BCUT2D eigenvalue weighted by Crippen LogP contribution is -2.20. The second-order valence-electron chi connectivity index (χ2n) is 4.06. The minimum absolute atomic E-state index is 0.245. The Balaban J connectivity index is 2.15. The van der Waals surface area contributed by atoms with Gasteiger partial charge in [-0.15, -0.1) is 0 Å². The van der Waals surface area contributed by atoms with Gasteiger partial charge in [-0.2, -0.15) is 0 Å². The van der Waals surface area contributed by atoms with Gasteiger partial charge in [-0.1, -0.05) is 13.3 Å². The number of hydrogen-bond acceptors (Lipinski definition) is 4. The molecule has 0 atom stereocenters. The highest BCUT2D eigenvalue weighted by Crippen LogP contribution is 2.13. The van der Waals surface area contributed by atoms with Crippen molar-refractivity contribution >= 4 is 0 Å². The first-order valence-corrected chi connectivity index (χ1v) is 6.18. The van der Waals surface area contributed by atoms with Crippen LogP contribution in [0.2, 0.25) is 0 Å². The third-order valence-electron chi connectivity index (χ3n) is 2.45. The molecule has 1 aromatic rings. The molecule has 2 N–H and O–H groups in total. The molecule has 1 rings (SSSR count). The summed E-state index contributed by atoms with van der Waals surface area (Å²) >= 11 is 0. The number of nitrogens with zero attached hydrogens (tertiary/aromatic N) is 1. The van der Waals surface area contributed by atoms with Crippen molar-refractivity contribution < 1.29 is 9.84 Å². The van der Waals surface area contributed by atoms with Gasteiger partial charge in [0.15, 0.2) is 0 Å². The Morgan fingerprint density at radius 2 is 2.18 bits per heavy atom. The molecule has 4 heteroatoms. The van der Waals surface area contributed by atoms with Crippen LogP contribution in [-0.2, 0) is 11.3 Å². The predicted molar refractivity (Wildman–Crippen MR) is 68.1 cm³/mol. The lowest BCUT2D eigenvalue weighted by atomic mass is 10.3. The summed E-state index contributed by atoms with van der Waals surface area (Å²) in [4.78, 5) is 4.27. The maximum absolute atomic E-state index is 9.57. The molecule has 0 aromatic carbocycles. The molecule has 1 heterocycles. The van der Waals surface area contributed by atoms with Crippen LogP contribution < -0.4 is 5.32 Å². The molecule has 0 unspecified atom stereocenters. The lowest BCUT2D eigenvalue weighted by molar-refractivity contribution is 0.132. The Morgan fingerprint density at radius 3 is 2.94 bits per heavy atom. The van der Waals surface area contributed by atoms with Crippen LogP contribution in [0.1, 0.15) is 31.2 Å². The standard InChI is InChI=1S/C13H22N2O2/c1-3-4-8-17-9-7-14-10-12-13(16)6-5-11(2)15-12/h5-6,14,16H,3-4,7-10H2,1-2H3. The third kappa shape index (κ3) is 5.65. The van der Waals surface area contributed by atoms with Gasteiger partial charge < -0.3 is 15.2 Å². The Labute approximate surface area is 103 Å². The Bertz CT molecular complexity index is 329. The summed E-state index contributed by atoms with van der Waals surface area (Å²) in [5.41, 5.74) is 1.61. The number of nitrogens with one attached hydrogen (secondary N) is 1. The average Bonchev–Trinajstić information content (AvgIpc) is 2.32. The minimum atomic E-state index is 0.245. The molecule has 0 bridgehead atoms. The fraction of sp³-hybridized carbons (Fsp3) is 0.615. The van der Waals surface area contributed by atoms with Crippen molar-refractivity contribution in [3.63, 3.8) is 0 Å². The molecule has 0 aliphatic rings. The number of rotatable bonds is 8. The van der Waals surface area contributed by atoms with Crippen LogP contribution in [0.4, 0.5) is 0 Å². The Hall–Kier alpha value is -1.13. The SMILES string of the molecule is CCCCOCCNCc1nc(C)ccc1O. The van der Waals surface area contributed by atoms with E-state index in [9.17, 15) is 5.11 Å². The highest BCUT2D eigenvalue weighted by molar-refractivity contribution is 5.27. The lowest BCUT2D eigenvalue weighted by Gasteiger charge is -2.07. The van der Waals surface area contributed by atoms with E-state index >= 15 is 0 Å². The maximum atomic E-state index is 9.57. The van der Waals surface area contributed by atoms with Crippen molar-refractivity contribution in [1.82, 2.24) is 10.3 Å². The molecule has 0 amide bonds. The zero-order chi connectivity index (χ0) is 12.5. The van der Waals surface area contributed by atoms with E-state index < -0.39 is 0 Å². The Morgan fingerprint density at radius 1 is 1.35 bits per heavy atom. The van der Waals surface area contributed by atoms with Crippen LogP contribution in [0, 0.1) is 6.92 Å². The number of pyridine rings is 1. The summed E-state index contributed by atoms with van der Waals surface area (Å²) in [6, 6.07) is 3.48. The maximum Gasteiger partial charge on any atom is 0.138 e. The third-order valence-corrected chi connectivity index (χ3v) is 2.45. The molecule has 0 radical (unpaired) electrons. The summed E-state index contributed by atoms with van der Waals surface area (Å²) in [7, 11) is 0. The number of unbranched alkanes of at least 4 members (excludes halogenated alkanes) is 1. The van der Waals surface area contributed by atoms with Crippen LogP contribution in [0.15, 0.2) is 12.1 Å². The molecular weight excluding hydrogens is 216 g/mol. The van der Waals surface area contributed by atoms with Gasteiger partial charge in [-0.25, -0.2) is 0 Å². The minimum Gasteiger partial charge on any atom is -0.506 e. The van der Waals surface area contributed by atoms with Crippen molar-refractivity contribution in [1.29, 1.82) is 0 Å². The first-order valence-electron chi connectivity index (χ1n) is 6.18. The Kier molecular flexibility index (Phi) is 6.58. The number of aryl methyl sites for hydroxylation is 1. The van der Waals surface area contributed by atoms with Crippen molar-refractivity contribution in [2.24, 2.45) is 0 Å². The van der Waals surface area contributed by atoms with Gasteiger partial charge in [0, 0.05) is 25.4 Å². The van der Waals surface area contributed by atoms with Crippen molar-refractivity contribution in [2.45, 2.75) is 33.2 Å². The van der Waals surface area contributed by atoms with Gasteiger partial charge >= 0.3 is 0 Å². The smallest absolute Gasteiger partial charge is 0.138 e. The van der Waals surface area contributed by atoms with Crippen molar-refractivity contribution in [3.05, 3.63) is 23.5 Å². The molecule has 0 spiro atoms. The molecule has 96 valence electrons. The fourth-order valence-corrected chi connectivity index (χ4v) is 1.43. The van der Waals surface area contributed by atoms with E-state index in [0.717, 1.165) is 31.7 Å². The van der Waals surface area contributed by atoms with E-state index in [4.69, 9.17) is 4.74 Å². The average molecular weight is 238 g/mol. The summed E-state index contributed by atoms with van der Waals surface area (Å²) in [6.45, 7) is 6.94. The summed E-state index contributed by atoms with van der Waals surface area (Å²) < 4.78 is 5.42. The molecule has 0 fully saturated rings. The van der Waals surface area contributed by atoms with Gasteiger partial charge in [-0.3, -0.25) is 4.98 Å². The number of aromatic hydroxyl groups is 1. The first kappa shape index (κ1) is 13.9. The normalized spacial score (nSPS) is 10.7. The molecule has 0 aliphatic carbocycles. The fourth-order valence-electron chi connectivity index (χ4n) is 1.43. The molecule has 17 heavy (non-hydrogen) atoms. The van der Waals surface area contributed by atoms with E-state index in [-0.39, 0.29) is 5.75 Å². The van der Waals surface area contributed by atoms with E-state index in [1.807, 2.05) is 6.92 Å². The number of hydrogen-bond donors (Lipinski definition) is 2. The van der Waals surface area contributed by atoms with Crippen LogP contribution in [0.3, 0.4) is 0 Å². The second kappa shape index (κ2) is 8.03. The summed E-state index contributed by atoms with van der Waals surface area (Å²) in [6.07, 6.45) is 2.27.